The molecule has 9 heteroatoms. The zero-order chi connectivity index (χ0) is 13.5. The summed E-state index contributed by atoms with van der Waals surface area (Å²) in [5, 5.41) is 4.71. The number of halogens is 4. The molecule has 0 fully saturated rings. The van der Waals surface area contributed by atoms with Crippen molar-refractivity contribution in [3.63, 3.8) is 0 Å². The van der Waals surface area contributed by atoms with Crippen LogP contribution in [0.3, 0.4) is 0 Å². The maximum absolute atomic E-state index is 12.8. The van der Waals surface area contributed by atoms with Crippen LogP contribution in [-0.4, -0.2) is 14.3 Å². The minimum absolute atomic E-state index is 0.125. The van der Waals surface area contributed by atoms with Crippen molar-refractivity contribution in [3.8, 4) is 0 Å². The second-order valence-electron chi connectivity index (χ2n) is 3.54. The largest absolute Gasteiger partial charge is 0.435 e. The smallest absolute Gasteiger partial charge is 0.301 e. The molecule has 2 aromatic rings. The molecule has 0 aliphatic carbocycles. The van der Waals surface area contributed by atoms with Gasteiger partial charge in [0.1, 0.15) is 5.15 Å². The van der Waals surface area contributed by atoms with E-state index in [2.05, 4.69) is 5.10 Å². The van der Waals surface area contributed by atoms with Gasteiger partial charge in [-0.25, -0.2) is 0 Å². The van der Waals surface area contributed by atoms with Crippen molar-refractivity contribution in [2.45, 2.75) is 12.7 Å². The van der Waals surface area contributed by atoms with Gasteiger partial charge in [-0.05, 0) is 0 Å². The molecule has 0 N–H and O–H groups in total. The van der Waals surface area contributed by atoms with E-state index in [4.69, 9.17) is 11.6 Å². The fraction of sp³-hybridized carbons (Fsp3) is 0.333. The molecule has 4 nitrogen and oxygen atoms in total. The fourth-order valence-electron chi connectivity index (χ4n) is 1.49. The van der Waals surface area contributed by atoms with E-state index >= 15 is 0 Å². The summed E-state index contributed by atoms with van der Waals surface area (Å²) in [6.07, 6.45) is -3.18. The molecule has 0 aliphatic rings. The molecule has 0 spiro atoms. The van der Waals surface area contributed by atoms with Gasteiger partial charge < -0.3 is 4.57 Å². The Hall–Kier alpha value is -1.28. The van der Waals surface area contributed by atoms with E-state index in [-0.39, 0.29) is 22.1 Å². The lowest BCUT2D eigenvalue weighted by molar-refractivity contribution is -0.142. The lowest BCUT2D eigenvalue weighted by Gasteiger charge is -2.06. The summed E-state index contributed by atoms with van der Waals surface area (Å²) < 4.78 is 40.4. The lowest BCUT2D eigenvalue weighted by Crippen LogP contribution is -2.16. The minimum Gasteiger partial charge on any atom is -0.301 e. The summed E-state index contributed by atoms with van der Waals surface area (Å²) in [5.74, 6) is 0. The van der Waals surface area contributed by atoms with Crippen molar-refractivity contribution < 1.29 is 13.2 Å². The standard InChI is InChI=1S/C9H7ClF3N3OS/c1-15-7(10)5(6(14-15)9(11,12)13)4-16-2-3-18-8(16)17/h2-3H,4H2,1H3. The predicted octanol–water partition coefficient (Wildman–Crippen LogP) is 2.36. The molecule has 2 rings (SSSR count). The Kier molecular flexibility index (Phi) is 3.24. The van der Waals surface area contributed by atoms with Gasteiger partial charge in [-0.2, -0.15) is 18.3 Å². The summed E-state index contributed by atoms with van der Waals surface area (Å²) >= 11 is 6.68. The molecule has 0 radical (unpaired) electrons. The van der Waals surface area contributed by atoms with Gasteiger partial charge >= 0.3 is 11.0 Å². The molecule has 0 saturated carbocycles. The summed E-state index contributed by atoms with van der Waals surface area (Å²) in [5.41, 5.74) is -1.26. The molecule has 0 amide bonds. The van der Waals surface area contributed by atoms with Crippen molar-refractivity contribution in [1.29, 1.82) is 0 Å². The molecular formula is C9H7ClF3N3OS. The highest BCUT2D eigenvalue weighted by atomic mass is 35.5. The number of hydrogen-bond acceptors (Lipinski definition) is 3. The average Bonchev–Trinajstić information content (AvgIpc) is 2.77. The van der Waals surface area contributed by atoms with E-state index in [1.54, 1.807) is 0 Å². The van der Waals surface area contributed by atoms with Gasteiger partial charge in [0.2, 0.25) is 0 Å². The second-order valence-corrected chi connectivity index (χ2v) is 4.75. The van der Waals surface area contributed by atoms with Gasteiger partial charge in [0.05, 0.1) is 6.54 Å². The van der Waals surface area contributed by atoms with E-state index in [9.17, 15) is 18.0 Å². The molecule has 0 atom stereocenters. The maximum Gasteiger partial charge on any atom is 0.435 e. The number of rotatable bonds is 2. The molecule has 2 aromatic heterocycles. The van der Waals surface area contributed by atoms with Crippen LogP contribution >= 0.6 is 22.9 Å². The first kappa shape index (κ1) is 13.2. The summed E-state index contributed by atoms with van der Waals surface area (Å²) in [7, 11) is 1.32. The normalized spacial score (nSPS) is 12.1. The Morgan fingerprint density at radius 3 is 2.67 bits per heavy atom. The van der Waals surface area contributed by atoms with E-state index in [1.165, 1.54) is 18.6 Å². The van der Waals surface area contributed by atoms with E-state index in [1.807, 2.05) is 0 Å². The zero-order valence-corrected chi connectivity index (χ0v) is 10.6. The van der Waals surface area contributed by atoms with Crippen LogP contribution < -0.4 is 4.87 Å². The second kappa shape index (κ2) is 4.43. The number of hydrogen-bond donors (Lipinski definition) is 0. The van der Waals surface area contributed by atoms with E-state index < -0.39 is 11.9 Å². The summed E-state index contributed by atoms with van der Waals surface area (Å²) in [6.45, 7) is -0.246. The number of nitrogens with zero attached hydrogens (tertiary/aromatic N) is 3. The van der Waals surface area contributed by atoms with Crippen LogP contribution in [0.15, 0.2) is 16.4 Å². The van der Waals surface area contributed by atoms with Gasteiger partial charge in [-0.3, -0.25) is 9.48 Å². The first-order valence-electron chi connectivity index (χ1n) is 4.73. The Labute approximate surface area is 108 Å². The molecule has 0 aromatic carbocycles. The van der Waals surface area contributed by atoms with Crippen LogP contribution in [0.25, 0.3) is 0 Å². The third-order valence-corrected chi connectivity index (χ3v) is 3.48. The molecule has 18 heavy (non-hydrogen) atoms. The molecule has 2 heterocycles. The summed E-state index contributed by atoms with van der Waals surface area (Å²) in [4.78, 5) is 11.0. The highest BCUT2D eigenvalue weighted by Crippen LogP contribution is 2.34. The molecule has 0 unspecified atom stereocenters. The number of thiazole rings is 1. The van der Waals surface area contributed by atoms with Gasteiger partial charge in [0.15, 0.2) is 5.69 Å². The third kappa shape index (κ3) is 2.30. The van der Waals surface area contributed by atoms with Gasteiger partial charge in [-0.1, -0.05) is 22.9 Å². The van der Waals surface area contributed by atoms with E-state index in [0.717, 1.165) is 20.6 Å². The molecule has 0 bridgehead atoms. The van der Waals surface area contributed by atoms with Gasteiger partial charge in [0, 0.05) is 24.2 Å². The first-order chi connectivity index (χ1) is 8.30. The summed E-state index contributed by atoms with van der Waals surface area (Å²) in [6, 6.07) is 0. The van der Waals surface area contributed by atoms with Crippen molar-refractivity contribution in [2.75, 3.05) is 0 Å². The number of aryl methyl sites for hydroxylation is 1. The number of alkyl halides is 3. The Bertz CT molecular complexity index is 628. The fourth-order valence-corrected chi connectivity index (χ4v) is 2.27. The topological polar surface area (TPSA) is 39.8 Å². The SMILES string of the molecule is Cn1nc(C(F)(F)F)c(Cn2ccsc2=O)c1Cl. The lowest BCUT2D eigenvalue weighted by atomic mass is 10.2. The zero-order valence-electron chi connectivity index (χ0n) is 9.03. The van der Waals surface area contributed by atoms with Gasteiger partial charge in [-0.15, -0.1) is 0 Å². The Morgan fingerprint density at radius 1 is 1.50 bits per heavy atom. The maximum atomic E-state index is 12.8. The van der Waals surface area contributed by atoms with Crippen molar-refractivity contribution in [2.24, 2.45) is 7.05 Å². The van der Waals surface area contributed by atoms with Gasteiger partial charge in [0.25, 0.3) is 0 Å². The minimum atomic E-state index is -4.60. The van der Waals surface area contributed by atoms with E-state index in [0.29, 0.717) is 0 Å². The van der Waals surface area contributed by atoms with Crippen LogP contribution in [0.4, 0.5) is 13.2 Å². The Morgan fingerprint density at radius 2 is 2.17 bits per heavy atom. The number of aromatic nitrogens is 3. The Balaban J connectivity index is 2.50. The first-order valence-corrected chi connectivity index (χ1v) is 5.99. The monoisotopic (exact) mass is 297 g/mol. The van der Waals surface area contributed by atoms with Crippen LogP contribution in [0.1, 0.15) is 11.3 Å². The average molecular weight is 298 g/mol. The van der Waals surface area contributed by atoms with Crippen molar-refractivity contribution in [3.05, 3.63) is 37.7 Å². The van der Waals surface area contributed by atoms with Crippen LogP contribution in [0.5, 0.6) is 0 Å². The highest BCUT2D eigenvalue weighted by molar-refractivity contribution is 7.07. The van der Waals surface area contributed by atoms with Crippen LogP contribution in [-0.2, 0) is 19.8 Å². The van der Waals surface area contributed by atoms with Crippen molar-refractivity contribution in [1.82, 2.24) is 14.3 Å². The molecular weight excluding hydrogens is 291 g/mol. The highest BCUT2D eigenvalue weighted by Gasteiger charge is 2.38. The predicted molar refractivity (Wildman–Crippen MR) is 60.9 cm³/mol. The van der Waals surface area contributed by atoms with Crippen LogP contribution in [0.2, 0.25) is 5.15 Å². The third-order valence-electron chi connectivity index (χ3n) is 2.31. The van der Waals surface area contributed by atoms with Crippen LogP contribution in [0, 0.1) is 0 Å². The van der Waals surface area contributed by atoms with Crippen molar-refractivity contribution >= 4 is 22.9 Å². The quantitative estimate of drug-likeness (QED) is 0.854. The molecule has 0 saturated heterocycles. The molecule has 98 valence electrons. The molecule has 0 aliphatic heterocycles.